The van der Waals surface area contributed by atoms with Crippen molar-refractivity contribution in [3.8, 4) is 0 Å². The monoisotopic (exact) mass is 371 g/mol. The van der Waals surface area contributed by atoms with Crippen molar-refractivity contribution >= 4 is 52.1 Å². The van der Waals surface area contributed by atoms with E-state index in [0.29, 0.717) is 0 Å². The molecule has 7 nitrogen and oxygen atoms in total. The lowest BCUT2D eigenvalue weighted by Gasteiger charge is -2.08. The van der Waals surface area contributed by atoms with Crippen LogP contribution in [0.3, 0.4) is 0 Å². The lowest BCUT2D eigenvalue weighted by molar-refractivity contribution is -0.384. The van der Waals surface area contributed by atoms with E-state index in [0.717, 1.165) is 24.3 Å². The van der Waals surface area contributed by atoms with Crippen molar-refractivity contribution in [3.05, 3.63) is 62.4 Å². The molecule has 2 rings (SSSR count). The first-order valence-corrected chi connectivity index (χ1v) is 7.05. The van der Waals surface area contributed by atoms with Crippen LogP contribution < -0.4 is 10.6 Å². The quantitative estimate of drug-likeness (QED) is 0.488. The van der Waals surface area contributed by atoms with Gasteiger partial charge in [0.05, 0.1) is 20.7 Å². The molecule has 0 radical (unpaired) electrons. The SMILES string of the molecule is O=C(Nc1ccc(F)c(Cl)c1)C(=O)Nc1cc([N+](=O)[O-])ccc1Cl. The van der Waals surface area contributed by atoms with Crippen LogP contribution in [0.5, 0.6) is 0 Å². The maximum absolute atomic E-state index is 13.0. The van der Waals surface area contributed by atoms with Crippen LogP contribution in [0.25, 0.3) is 0 Å². The maximum atomic E-state index is 13.0. The number of nitrogens with one attached hydrogen (secondary N) is 2. The molecule has 0 spiro atoms. The Morgan fingerprint density at radius 2 is 1.67 bits per heavy atom. The Morgan fingerprint density at radius 3 is 2.29 bits per heavy atom. The summed E-state index contributed by atoms with van der Waals surface area (Å²) >= 11 is 11.4. The first kappa shape index (κ1) is 17.6. The summed E-state index contributed by atoms with van der Waals surface area (Å²) in [7, 11) is 0. The van der Waals surface area contributed by atoms with Crippen molar-refractivity contribution in [3.63, 3.8) is 0 Å². The van der Waals surface area contributed by atoms with Gasteiger partial charge in [-0.05, 0) is 24.3 Å². The standard InChI is InChI=1S/C14H8Cl2FN3O4/c15-9-3-2-8(20(23)24)6-12(9)19-14(22)13(21)18-7-1-4-11(17)10(16)5-7/h1-6H,(H,18,21)(H,19,22). The van der Waals surface area contributed by atoms with Crippen molar-refractivity contribution in [2.45, 2.75) is 0 Å². The number of rotatable bonds is 3. The van der Waals surface area contributed by atoms with Gasteiger partial charge in [-0.3, -0.25) is 19.7 Å². The highest BCUT2D eigenvalue weighted by molar-refractivity contribution is 6.45. The minimum atomic E-state index is -1.11. The van der Waals surface area contributed by atoms with Gasteiger partial charge in [-0.25, -0.2) is 4.39 Å². The van der Waals surface area contributed by atoms with E-state index in [1.165, 1.54) is 12.1 Å². The molecule has 0 heterocycles. The lowest BCUT2D eigenvalue weighted by Crippen LogP contribution is -2.29. The van der Waals surface area contributed by atoms with E-state index in [-0.39, 0.29) is 27.1 Å². The van der Waals surface area contributed by atoms with Gasteiger partial charge in [0, 0.05) is 17.8 Å². The van der Waals surface area contributed by atoms with E-state index in [9.17, 15) is 24.1 Å². The van der Waals surface area contributed by atoms with Crippen molar-refractivity contribution in [1.82, 2.24) is 0 Å². The molecule has 2 amide bonds. The number of hydrogen-bond acceptors (Lipinski definition) is 4. The number of nitro groups is 1. The highest BCUT2D eigenvalue weighted by atomic mass is 35.5. The number of anilines is 2. The number of halogens is 3. The Balaban J connectivity index is 2.11. The Morgan fingerprint density at radius 1 is 1.00 bits per heavy atom. The molecule has 0 aromatic heterocycles. The van der Waals surface area contributed by atoms with Gasteiger partial charge in [0.15, 0.2) is 0 Å². The first-order chi connectivity index (χ1) is 11.3. The summed E-state index contributed by atoms with van der Waals surface area (Å²) in [6.45, 7) is 0. The molecule has 2 aromatic rings. The number of nitrogens with zero attached hydrogens (tertiary/aromatic N) is 1. The Hall–Kier alpha value is -2.71. The predicted octanol–water partition coefficient (Wildman–Crippen LogP) is 3.62. The average molecular weight is 372 g/mol. The van der Waals surface area contributed by atoms with Crippen LogP contribution in [0.1, 0.15) is 0 Å². The summed E-state index contributed by atoms with van der Waals surface area (Å²) in [4.78, 5) is 33.7. The van der Waals surface area contributed by atoms with Crippen LogP contribution in [-0.2, 0) is 9.59 Å². The number of hydrogen-bond donors (Lipinski definition) is 2. The fourth-order valence-electron chi connectivity index (χ4n) is 1.66. The summed E-state index contributed by atoms with van der Waals surface area (Å²) in [6, 6.07) is 6.75. The summed E-state index contributed by atoms with van der Waals surface area (Å²) < 4.78 is 13.0. The van der Waals surface area contributed by atoms with Crippen molar-refractivity contribution in [2.75, 3.05) is 10.6 Å². The minimum absolute atomic E-state index is 0.0200. The molecular weight excluding hydrogens is 364 g/mol. The number of carbonyl (C=O) groups is 2. The molecule has 0 aliphatic heterocycles. The molecule has 0 atom stereocenters. The van der Waals surface area contributed by atoms with Gasteiger partial charge in [-0.1, -0.05) is 23.2 Å². The molecule has 10 heteroatoms. The van der Waals surface area contributed by atoms with Crippen molar-refractivity contribution < 1.29 is 18.9 Å². The normalized spacial score (nSPS) is 10.1. The van der Waals surface area contributed by atoms with Gasteiger partial charge in [-0.2, -0.15) is 0 Å². The van der Waals surface area contributed by atoms with Gasteiger partial charge in [0.1, 0.15) is 5.82 Å². The largest absolute Gasteiger partial charge is 0.318 e. The maximum Gasteiger partial charge on any atom is 0.314 e. The second-order valence-corrected chi connectivity index (χ2v) is 5.27. The highest BCUT2D eigenvalue weighted by Crippen LogP contribution is 2.26. The van der Waals surface area contributed by atoms with Gasteiger partial charge in [-0.15, -0.1) is 0 Å². The van der Waals surface area contributed by atoms with Gasteiger partial charge >= 0.3 is 11.8 Å². The van der Waals surface area contributed by atoms with Crippen LogP contribution in [0.2, 0.25) is 10.0 Å². The Bertz CT molecular complexity index is 845. The number of benzene rings is 2. The zero-order chi connectivity index (χ0) is 17.9. The molecule has 0 saturated heterocycles. The molecule has 0 fully saturated rings. The van der Waals surface area contributed by atoms with Crippen LogP contribution in [0.4, 0.5) is 21.5 Å². The molecule has 0 unspecified atom stereocenters. The van der Waals surface area contributed by atoms with E-state index < -0.39 is 22.6 Å². The van der Waals surface area contributed by atoms with E-state index in [1.54, 1.807) is 0 Å². The third-order valence-corrected chi connectivity index (χ3v) is 3.41. The highest BCUT2D eigenvalue weighted by Gasteiger charge is 2.18. The van der Waals surface area contributed by atoms with E-state index in [4.69, 9.17) is 23.2 Å². The average Bonchev–Trinajstić information content (AvgIpc) is 2.52. The Kier molecular flexibility index (Phi) is 5.32. The fourth-order valence-corrected chi connectivity index (χ4v) is 2.01. The third kappa shape index (κ3) is 4.18. The first-order valence-electron chi connectivity index (χ1n) is 6.29. The zero-order valence-corrected chi connectivity index (χ0v) is 13.2. The number of nitro benzene ring substituents is 1. The second-order valence-electron chi connectivity index (χ2n) is 4.46. The van der Waals surface area contributed by atoms with Gasteiger partial charge < -0.3 is 10.6 Å². The summed E-state index contributed by atoms with van der Waals surface area (Å²) in [5, 5.41) is 14.9. The summed E-state index contributed by atoms with van der Waals surface area (Å²) in [5.41, 5.74) is -0.296. The number of non-ortho nitro benzene ring substituents is 1. The minimum Gasteiger partial charge on any atom is -0.318 e. The van der Waals surface area contributed by atoms with Crippen LogP contribution in [0, 0.1) is 15.9 Å². The number of carbonyl (C=O) groups excluding carboxylic acids is 2. The van der Waals surface area contributed by atoms with Crippen LogP contribution in [-0.4, -0.2) is 16.7 Å². The molecule has 0 aliphatic rings. The molecule has 0 aliphatic carbocycles. The topological polar surface area (TPSA) is 101 Å². The molecule has 2 N–H and O–H groups in total. The van der Waals surface area contributed by atoms with Crippen molar-refractivity contribution in [2.24, 2.45) is 0 Å². The molecular formula is C14H8Cl2FN3O4. The van der Waals surface area contributed by atoms with Crippen LogP contribution >= 0.6 is 23.2 Å². The van der Waals surface area contributed by atoms with E-state index in [2.05, 4.69) is 10.6 Å². The molecule has 124 valence electrons. The smallest absolute Gasteiger partial charge is 0.314 e. The third-order valence-electron chi connectivity index (χ3n) is 2.79. The fraction of sp³-hybridized carbons (Fsp3) is 0. The molecule has 0 saturated carbocycles. The zero-order valence-electron chi connectivity index (χ0n) is 11.7. The summed E-state index contributed by atoms with van der Waals surface area (Å²) in [6.07, 6.45) is 0. The summed E-state index contributed by atoms with van der Waals surface area (Å²) in [5.74, 6) is -2.87. The molecule has 2 aromatic carbocycles. The van der Waals surface area contributed by atoms with E-state index >= 15 is 0 Å². The van der Waals surface area contributed by atoms with Crippen molar-refractivity contribution in [1.29, 1.82) is 0 Å². The Labute approximate surface area is 144 Å². The van der Waals surface area contributed by atoms with Gasteiger partial charge in [0.25, 0.3) is 5.69 Å². The second kappa shape index (κ2) is 7.24. The molecule has 0 bridgehead atoms. The molecule has 24 heavy (non-hydrogen) atoms. The number of amides is 2. The lowest BCUT2D eigenvalue weighted by atomic mass is 10.2. The van der Waals surface area contributed by atoms with E-state index in [1.807, 2.05) is 0 Å². The van der Waals surface area contributed by atoms with Gasteiger partial charge in [0.2, 0.25) is 0 Å². The van der Waals surface area contributed by atoms with Crippen LogP contribution in [0.15, 0.2) is 36.4 Å². The predicted molar refractivity (Wildman–Crippen MR) is 86.8 cm³/mol.